The molecule has 1 aromatic carbocycles. The summed E-state index contributed by atoms with van der Waals surface area (Å²) in [6, 6.07) is 5.99. The molecule has 0 amide bonds. The van der Waals surface area contributed by atoms with E-state index in [2.05, 4.69) is 15.9 Å². The van der Waals surface area contributed by atoms with Crippen LogP contribution in [-0.2, 0) is 11.2 Å². The third kappa shape index (κ3) is 5.63. The van der Waals surface area contributed by atoms with Crippen molar-refractivity contribution >= 4 is 21.7 Å². The number of ether oxygens (including phenoxy) is 1. The van der Waals surface area contributed by atoms with Gasteiger partial charge >= 0.3 is 0 Å². The maximum Gasteiger partial charge on any atom is 0.140 e. The molecule has 1 aromatic rings. The van der Waals surface area contributed by atoms with Crippen molar-refractivity contribution in [3.8, 4) is 5.75 Å². The minimum atomic E-state index is 0.0922. The van der Waals surface area contributed by atoms with Crippen molar-refractivity contribution in [1.82, 2.24) is 0 Å². The van der Waals surface area contributed by atoms with E-state index in [1.54, 1.807) is 7.11 Å². The number of methoxy groups -OCH3 is 1. The summed E-state index contributed by atoms with van der Waals surface area (Å²) >= 11 is 3.44. The van der Waals surface area contributed by atoms with Gasteiger partial charge in [-0.25, -0.2) is 0 Å². The van der Waals surface area contributed by atoms with Gasteiger partial charge in [0.25, 0.3) is 0 Å². The maximum absolute atomic E-state index is 12.2. The number of hydrogen-bond acceptors (Lipinski definition) is 3. The quantitative estimate of drug-likeness (QED) is 0.783. The number of nitrogens with two attached hydrogens (primary N) is 1. The molecule has 0 fully saturated rings. The molecule has 0 aliphatic carbocycles. The van der Waals surface area contributed by atoms with Gasteiger partial charge in [0.15, 0.2) is 0 Å². The van der Waals surface area contributed by atoms with Crippen molar-refractivity contribution in [2.45, 2.75) is 45.6 Å². The van der Waals surface area contributed by atoms with Crippen molar-refractivity contribution in [3.05, 3.63) is 28.2 Å². The van der Waals surface area contributed by atoms with E-state index in [9.17, 15) is 4.79 Å². The molecule has 2 atom stereocenters. The van der Waals surface area contributed by atoms with Crippen LogP contribution in [0.2, 0.25) is 0 Å². The SMILES string of the molecule is COc1ccc(CC(=O)C(C)CCCC(C)N)cc1Br. The minimum absolute atomic E-state index is 0.0922. The predicted octanol–water partition coefficient (Wildman–Crippen LogP) is 3.72. The van der Waals surface area contributed by atoms with Gasteiger partial charge in [-0.05, 0) is 53.4 Å². The zero-order valence-corrected chi connectivity index (χ0v) is 14.1. The van der Waals surface area contributed by atoms with Crippen LogP contribution in [-0.4, -0.2) is 18.9 Å². The smallest absolute Gasteiger partial charge is 0.140 e. The number of carbonyl (C=O) groups excluding carboxylic acids is 1. The van der Waals surface area contributed by atoms with Crippen molar-refractivity contribution in [3.63, 3.8) is 0 Å². The summed E-state index contributed by atoms with van der Waals surface area (Å²) in [6.07, 6.45) is 3.38. The van der Waals surface area contributed by atoms with E-state index in [0.29, 0.717) is 6.42 Å². The molecule has 0 aliphatic rings. The normalized spacial score (nSPS) is 13.8. The summed E-state index contributed by atoms with van der Waals surface area (Å²) in [5.74, 6) is 1.16. The number of benzene rings is 1. The number of ketones is 1. The van der Waals surface area contributed by atoms with E-state index in [-0.39, 0.29) is 17.7 Å². The van der Waals surface area contributed by atoms with Crippen LogP contribution in [0, 0.1) is 5.92 Å². The van der Waals surface area contributed by atoms with E-state index in [1.165, 1.54) is 0 Å². The van der Waals surface area contributed by atoms with E-state index in [1.807, 2.05) is 32.0 Å². The lowest BCUT2D eigenvalue weighted by atomic mass is 9.94. The van der Waals surface area contributed by atoms with Gasteiger partial charge in [0.1, 0.15) is 11.5 Å². The molecule has 0 radical (unpaired) electrons. The Balaban J connectivity index is 2.50. The molecule has 2 unspecified atom stereocenters. The summed E-state index contributed by atoms with van der Waals surface area (Å²) in [6.45, 7) is 4.00. The lowest BCUT2D eigenvalue weighted by Crippen LogP contribution is -2.17. The fourth-order valence-electron chi connectivity index (χ4n) is 2.10. The molecule has 0 saturated carbocycles. The van der Waals surface area contributed by atoms with Gasteiger partial charge in [0, 0.05) is 18.4 Å². The molecule has 0 aromatic heterocycles. The van der Waals surface area contributed by atoms with Crippen LogP contribution >= 0.6 is 15.9 Å². The lowest BCUT2D eigenvalue weighted by molar-refractivity contribution is -0.121. The van der Waals surface area contributed by atoms with Crippen molar-refractivity contribution in [1.29, 1.82) is 0 Å². The Morgan fingerprint density at radius 3 is 2.60 bits per heavy atom. The van der Waals surface area contributed by atoms with Gasteiger partial charge in [0.2, 0.25) is 0 Å². The highest BCUT2D eigenvalue weighted by Gasteiger charge is 2.14. The van der Waals surface area contributed by atoms with Crippen molar-refractivity contribution in [2.75, 3.05) is 7.11 Å². The summed E-state index contributed by atoms with van der Waals surface area (Å²) in [5.41, 5.74) is 6.74. The van der Waals surface area contributed by atoms with Gasteiger partial charge in [-0.15, -0.1) is 0 Å². The molecule has 0 bridgehead atoms. The number of Topliss-reactive ketones (excluding diaryl/α,β-unsaturated/α-hetero) is 1. The third-order valence-electron chi connectivity index (χ3n) is 3.44. The Morgan fingerprint density at radius 1 is 1.35 bits per heavy atom. The van der Waals surface area contributed by atoms with Crippen LogP contribution in [0.5, 0.6) is 5.75 Å². The fraction of sp³-hybridized carbons (Fsp3) is 0.562. The van der Waals surface area contributed by atoms with Gasteiger partial charge in [0.05, 0.1) is 11.6 Å². The van der Waals surface area contributed by atoms with Crippen LogP contribution in [0.25, 0.3) is 0 Å². The van der Waals surface area contributed by atoms with E-state index in [0.717, 1.165) is 35.0 Å². The number of hydrogen-bond donors (Lipinski definition) is 1. The predicted molar refractivity (Wildman–Crippen MR) is 86.1 cm³/mol. The molecule has 0 spiro atoms. The highest BCUT2D eigenvalue weighted by Crippen LogP contribution is 2.26. The first-order valence-corrected chi connectivity index (χ1v) is 7.84. The topological polar surface area (TPSA) is 52.3 Å². The molecular formula is C16H24BrNO2. The van der Waals surface area contributed by atoms with Crippen molar-refractivity contribution < 1.29 is 9.53 Å². The molecule has 0 aliphatic heterocycles. The monoisotopic (exact) mass is 341 g/mol. The number of rotatable bonds is 8. The molecule has 3 nitrogen and oxygen atoms in total. The third-order valence-corrected chi connectivity index (χ3v) is 4.06. The lowest BCUT2D eigenvalue weighted by Gasteiger charge is -2.12. The number of carbonyl (C=O) groups is 1. The first kappa shape index (κ1) is 17.2. The van der Waals surface area contributed by atoms with E-state index in [4.69, 9.17) is 10.5 Å². The summed E-state index contributed by atoms with van der Waals surface area (Å²) in [4.78, 5) is 12.2. The van der Waals surface area contributed by atoms with Gasteiger partial charge < -0.3 is 10.5 Å². The molecule has 1 rings (SSSR count). The highest BCUT2D eigenvalue weighted by atomic mass is 79.9. The average Bonchev–Trinajstić information content (AvgIpc) is 2.38. The van der Waals surface area contributed by atoms with Crippen LogP contribution in [0.1, 0.15) is 38.7 Å². The first-order valence-electron chi connectivity index (χ1n) is 7.04. The largest absolute Gasteiger partial charge is 0.496 e. The Morgan fingerprint density at radius 2 is 2.05 bits per heavy atom. The molecule has 4 heteroatoms. The first-order chi connectivity index (χ1) is 9.43. The molecule has 112 valence electrons. The highest BCUT2D eigenvalue weighted by molar-refractivity contribution is 9.10. The Bertz CT molecular complexity index is 446. The fourth-order valence-corrected chi connectivity index (χ4v) is 2.69. The summed E-state index contributed by atoms with van der Waals surface area (Å²) in [5, 5.41) is 0. The Labute approximate surface area is 130 Å². The van der Waals surface area contributed by atoms with E-state index < -0.39 is 0 Å². The summed E-state index contributed by atoms with van der Waals surface area (Å²) < 4.78 is 6.07. The second-order valence-corrected chi connectivity index (χ2v) is 6.28. The zero-order chi connectivity index (χ0) is 15.1. The molecule has 0 saturated heterocycles. The van der Waals surface area contributed by atoms with Crippen LogP contribution in [0.3, 0.4) is 0 Å². The molecule has 0 heterocycles. The second-order valence-electron chi connectivity index (χ2n) is 5.42. The van der Waals surface area contributed by atoms with Gasteiger partial charge in [-0.2, -0.15) is 0 Å². The minimum Gasteiger partial charge on any atom is -0.496 e. The number of halogens is 1. The van der Waals surface area contributed by atoms with Crippen LogP contribution < -0.4 is 10.5 Å². The molecular weight excluding hydrogens is 318 g/mol. The molecule has 2 N–H and O–H groups in total. The Kier molecular flexibility index (Phi) is 7.24. The molecule has 20 heavy (non-hydrogen) atoms. The van der Waals surface area contributed by atoms with E-state index >= 15 is 0 Å². The second kappa shape index (κ2) is 8.42. The Hall–Kier alpha value is -0.870. The maximum atomic E-state index is 12.2. The van der Waals surface area contributed by atoms with Gasteiger partial charge in [-0.3, -0.25) is 4.79 Å². The van der Waals surface area contributed by atoms with Gasteiger partial charge in [-0.1, -0.05) is 19.4 Å². The standard InChI is InChI=1S/C16H24BrNO2/c1-11(5-4-6-12(2)18)15(19)10-13-7-8-16(20-3)14(17)9-13/h7-9,11-12H,4-6,10,18H2,1-3H3. The van der Waals surface area contributed by atoms with Crippen LogP contribution in [0.15, 0.2) is 22.7 Å². The van der Waals surface area contributed by atoms with Crippen LogP contribution in [0.4, 0.5) is 0 Å². The van der Waals surface area contributed by atoms with Crippen molar-refractivity contribution in [2.24, 2.45) is 11.7 Å². The summed E-state index contributed by atoms with van der Waals surface area (Å²) in [7, 11) is 1.63. The average molecular weight is 342 g/mol. The zero-order valence-electron chi connectivity index (χ0n) is 12.5.